The zero-order chi connectivity index (χ0) is 15.2. The summed E-state index contributed by atoms with van der Waals surface area (Å²) in [6, 6.07) is 0.0507. The zero-order valence-corrected chi connectivity index (χ0v) is 13.8. The van der Waals surface area contributed by atoms with Crippen LogP contribution in [-0.4, -0.2) is 35.2 Å². The fourth-order valence-corrected chi connectivity index (χ4v) is 5.34. The highest BCUT2D eigenvalue weighted by Crippen LogP contribution is 2.32. The molecule has 3 rings (SSSR count). The molecule has 0 radical (unpaired) electrons. The van der Waals surface area contributed by atoms with Crippen molar-refractivity contribution in [1.82, 2.24) is 13.7 Å². The van der Waals surface area contributed by atoms with Crippen molar-refractivity contribution >= 4 is 32.1 Å². The topological polar surface area (TPSA) is 80.7 Å². The largest absolute Gasteiger partial charge is 0.381 e. The first kappa shape index (κ1) is 14.8. The number of hydrogen-bond donors (Lipinski definition) is 1. The number of anilines is 1. The summed E-state index contributed by atoms with van der Waals surface area (Å²) in [5.41, 5.74) is 5.84. The van der Waals surface area contributed by atoms with Crippen molar-refractivity contribution in [2.75, 3.05) is 12.8 Å². The van der Waals surface area contributed by atoms with Crippen LogP contribution in [0.4, 0.5) is 5.82 Å². The number of fused-ring (bicyclic) bond motifs is 1. The zero-order valence-electron chi connectivity index (χ0n) is 12.2. The molecule has 1 aliphatic rings. The van der Waals surface area contributed by atoms with Crippen LogP contribution in [-0.2, 0) is 10.0 Å². The first-order valence-electron chi connectivity index (χ1n) is 7.10. The SMILES string of the molecule is CC1CCC(N(C)S(=O)(=O)c2c(N)nc3sccn23)CC1. The molecule has 0 aliphatic heterocycles. The summed E-state index contributed by atoms with van der Waals surface area (Å²) in [5.74, 6) is 0.763. The first-order chi connectivity index (χ1) is 9.91. The minimum Gasteiger partial charge on any atom is -0.381 e. The highest BCUT2D eigenvalue weighted by molar-refractivity contribution is 7.89. The fraction of sp³-hybridized carbons (Fsp3) is 0.615. The second-order valence-corrected chi connectivity index (χ2v) is 8.58. The number of nitrogens with zero attached hydrogens (tertiary/aromatic N) is 3. The van der Waals surface area contributed by atoms with E-state index in [1.807, 2.05) is 5.38 Å². The highest BCUT2D eigenvalue weighted by atomic mass is 32.2. The number of sulfonamides is 1. The van der Waals surface area contributed by atoms with Gasteiger partial charge in [-0.05, 0) is 31.6 Å². The number of rotatable bonds is 3. The molecule has 0 atom stereocenters. The Morgan fingerprint density at radius 2 is 2.05 bits per heavy atom. The lowest BCUT2D eigenvalue weighted by Gasteiger charge is -2.32. The van der Waals surface area contributed by atoms with Crippen molar-refractivity contribution in [1.29, 1.82) is 0 Å². The van der Waals surface area contributed by atoms with Gasteiger partial charge in [0.05, 0.1) is 0 Å². The van der Waals surface area contributed by atoms with Crippen LogP contribution in [0, 0.1) is 5.92 Å². The molecule has 1 aliphatic carbocycles. The third-order valence-corrected chi connectivity index (χ3v) is 7.07. The molecule has 8 heteroatoms. The maximum Gasteiger partial charge on any atom is 0.262 e. The van der Waals surface area contributed by atoms with Crippen LogP contribution in [0.5, 0.6) is 0 Å². The predicted octanol–water partition coefficient (Wildman–Crippen LogP) is 2.18. The summed E-state index contributed by atoms with van der Waals surface area (Å²) < 4.78 is 28.8. The Labute approximate surface area is 128 Å². The summed E-state index contributed by atoms with van der Waals surface area (Å²) in [6.45, 7) is 2.22. The molecule has 0 spiro atoms. The molecule has 116 valence electrons. The Kier molecular flexibility index (Phi) is 3.71. The Hall–Kier alpha value is -1.12. The molecule has 0 amide bonds. The van der Waals surface area contributed by atoms with Crippen molar-refractivity contribution < 1.29 is 8.42 Å². The lowest BCUT2D eigenvalue weighted by Crippen LogP contribution is -2.39. The molecule has 1 fully saturated rings. The molecule has 2 N–H and O–H groups in total. The van der Waals surface area contributed by atoms with E-state index in [-0.39, 0.29) is 16.9 Å². The third-order valence-electron chi connectivity index (χ3n) is 4.37. The van der Waals surface area contributed by atoms with E-state index in [2.05, 4.69) is 11.9 Å². The van der Waals surface area contributed by atoms with Crippen molar-refractivity contribution in [3.05, 3.63) is 11.6 Å². The van der Waals surface area contributed by atoms with Crippen LogP contribution in [0.2, 0.25) is 0 Å². The van der Waals surface area contributed by atoms with Crippen molar-refractivity contribution in [2.45, 2.75) is 43.7 Å². The van der Waals surface area contributed by atoms with E-state index in [1.165, 1.54) is 15.6 Å². The van der Waals surface area contributed by atoms with E-state index < -0.39 is 10.0 Å². The molecule has 21 heavy (non-hydrogen) atoms. The first-order valence-corrected chi connectivity index (χ1v) is 9.42. The van der Waals surface area contributed by atoms with Crippen LogP contribution in [0.25, 0.3) is 4.96 Å². The van der Waals surface area contributed by atoms with Gasteiger partial charge in [-0.2, -0.15) is 4.31 Å². The second-order valence-electron chi connectivity index (χ2n) is 5.79. The van der Waals surface area contributed by atoms with E-state index in [4.69, 9.17) is 5.73 Å². The van der Waals surface area contributed by atoms with E-state index in [0.29, 0.717) is 10.9 Å². The quantitative estimate of drug-likeness (QED) is 0.936. The molecule has 0 aromatic carbocycles. The molecule has 2 heterocycles. The number of nitrogen functional groups attached to an aromatic ring is 1. The Morgan fingerprint density at radius 1 is 1.38 bits per heavy atom. The maximum absolute atomic E-state index is 12.9. The molecular formula is C13H20N4O2S2. The minimum atomic E-state index is -3.62. The van der Waals surface area contributed by atoms with Gasteiger partial charge in [-0.3, -0.25) is 4.40 Å². The number of thiazole rings is 1. The van der Waals surface area contributed by atoms with Crippen molar-refractivity contribution in [3.63, 3.8) is 0 Å². The molecule has 2 aromatic rings. The summed E-state index contributed by atoms with van der Waals surface area (Å²) in [4.78, 5) is 4.74. The molecule has 0 saturated heterocycles. The molecule has 2 aromatic heterocycles. The van der Waals surface area contributed by atoms with Crippen molar-refractivity contribution in [2.24, 2.45) is 5.92 Å². The molecule has 0 unspecified atom stereocenters. The monoisotopic (exact) mass is 328 g/mol. The highest BCUT2D eigenvalue weighted by Gasteiger charge is 2.34. The smallest absolute Gasteiger partial charge is 0.262 e. The van der Waals surface area contributed by atoms with Crippen LogP contribution in [0.15, 0.2) is 16.6 Å². The molecule has 0 bridgehead atoms. The van der Waals surface area contributed by atoms with Crippen LogP contribution in [0.3, 0.4) is 0 Å². The number of imidazole rings is 1. The van der Waals surface area contributed by atoms with Gasteiger partial charge in [0.25, 0.3) is 10.0 Å². The fourth-order valence-electron chi connectivity index (χ4n) is 2.98. The van der Waals surface area contributed by atoms with Crippen molar-refractivity contribution in [3.8, 4) is 0 Å². The Bertz CT molecular complexity index is 741. The summed E-state index contributed by atoms with van der Waals surface area (Å²) in [5, 5.41) is 1.91. The molecule has 6 nitrogen and oxygen atoms in total. The van der Waals surface area contributed by atoms with Gasteiger partial charge in [-0.15, -0.1) is 11.3 Å². The molecular weight excluding hydrogens is 308 g/mol. The van der Waals surface area contributed by atoms with E-state index in [1.54, 1.807) is 17.6 Å². The average molecular weight is 328 g/mol. The number of nitrogens with two attached hydrogens (primary N) is 1. The lowest BCUT2D eigenvalue weighted by atomic mass is 9.87. The Balaban J connectivity index is 1.96. The van der Waals surface area contributed by atoms with Gasteiger partial charge in [0.2, 0.25) is 0 Å². The number of hydrogen-bond acceptors (Lipinski definition) is 5. The predicted molar refractivity (Wildman–Crippen MR) is 83.9 cm³/mol. The van der Waals surface area contributed by atoms with E-state index >= 15 is 0 Å². The van der Waals surface area contributed by atoms with E-state index in [0.717, 1.165) is 25.7 Å². The van der Waals surface area contributed by atoms with Gasteiger partial charge in [0.1, 0.15) is 0 Å². The maximum atomic E-state index is 12.9. The minimum absolute atomic E-state index is 0.0507. The standard InChI is InChI=1S/C13H20N4O2S2/c1-9-3-5-10(6-4-9)16(2)21(18,19)12-11(14)15-13-17(12)7-8-20-13/h7-10H,3-6,14H2,1-2H3. The average Bonchev–Trinajstić information content (AvgIpc) is 2.98. The molecule has 1 saturated carbocycles. The third kappa shape index (κ3) is 2.45. The van der Waals surface area contributed by atoms with Gasteiger partial charge < -0.3 is 5.73 Å². The lowest BCUT2D eigenvalue weighted by molar-refractivity contribution is 0.245. The summed E-state index contributed by atoms with van der Waals surface area (Å²) in [6.07, 6.45) is 5.65. The van der Waals surface area contributed by atoms with Crippen LogP contribution >= 0.6 is 11.3 Å². The van der Waals surface area contributed by atoms with Gasteiger partial charge in [-0.1, -0.05) is 6.92 Å². The van der Waals surface area contributed by atoms with Crippen LogP contribution < -0.4 is 5.73 Å². The van der Waals surface area contributed by atoms with Gasteiger partial charge in [-0.25, -0.2) is 13.4 Å². The number of aromatic nitrogens is 2. The van der Waals surface area contributed by atoms with Gasteiger partial charge in [0.15, 0.2) is 15.8 Å². The second kappa shape index (κ2) is 5.26. The summed E-state index contributed by atoms with van der Waals surface area (Å²) in [7, 11) is -1.97. The van der Waals surface area contributed by atoms with E-state index in [9.17, 15) is 8.42 Å². The normalized spacial score (nSPS) is 24.0. The Morgan fingerprint density at radius 3 is 2.71 bits per heavy atom. The van der Waals surface area contributed by atoms with Gasteiger partial charge in [0, 0.05) is 24.7 Å². The van der Waals surface area contributed by atoms with Gasteiger partial charge >= 0.3 is 0 Å². The summed E-state index contributed by atoms with van der Waals surface area (Å²) >= 11 is 1.37. The van der Waals surface area contributed by atoms with Crippen LogP contribution in [0.1, 0.15) is 32.6 Å².